The third-order valence-electron chi connectivity index (χ3n) is 4.12. The van der Waals surface area contributed by atoms with E-state index in [2.05, 4.69) is 5.32 Å². The maximum atomic E-state index is 12.6. The van der Waals surface area contributed by atoms with Crippen molar-refractivity contribution in [3.63, 3.8) is 0 Å². The van der Waals surface area contributed by atoms with E-state index >= 15 is 0 Å². The molecule has 0 unspecified atom stereocenters. The van der Waals surface area contributed by atoms with Gasteiger partial charge in [0.05, 0.1) is 16.5 Å². The third kappa shape index (κ3) is 4.78. The Morgan fingerprint density at radius 2 is 1.93 bits per heavy atom. The molecule has 0 bridgehead atoms. The molecular weight excluding hydrogens is 400 g/mol. The second-order valence-electron chi connectivity index (χ2n) is 6.44. The Labute approximate surface area is 169 Å². The van der Waals surface area contributed by atoms with Crippen LogP contribution in [0.15, 0.2) is 35.2 Å². The largest absolute Gasteiger partial charge is 0.462 e. The van der Waals surface area contributed by atoms with Crippen LogP contribution in [0.3, 0.4) is 0 Å². The fourth-order valence-electron chi connectivity index (χ4n) is 2.37. The molecule has 0 spiro atoms. The Bertz CT molecular complexity index is 980. The Morgan fingerprint density at radius 3 is 2.54 bits per heavy atom. The number of sulfonamides is 1. The van der Waals surface area contributed by atoms with Gasteiger partial charge in [-0.15, -0.1) is 11.3 Å². The zero-order valence-electron chi connectivity index (χ0n) is 16.5. The first-order valence-corrected chi connectivity index (χ1v) is 11.0. The highest BCUT2D eigenvalue weighted by Gasteiger charge is 2.24. The van der Waals surface area contributed by atoms with E-state index in [1.54, 1.807) is 33.8 Å². The van der Waals surface area contributed by atoms with Crippen LogP contribution in [0.4, 0.5) is 5.00 Å². The summed E-state index contributed by atoms with van der Waals surface area (Å²) in [4.78, 5) is 25.0. The summed E-state index contributed by atoms with van der Waals surface area (Å²) in [6, 6.07) is 7.34. The van der Waals surface area contributed by atoms with Crippen LogP contribution >= 0.6 is 11.3 Å². The zero-order valence-corrected chi connectivity index (χ0v) is 18.1. The summed E-state index contributed by atoms with van der Waals surface area (Å²) in [5, 5.41) is 3.19. The minimum atomic E-state index is -3.69. The van der Waals surface area contributed by atoms with Gasteiger partial charge in [0.1, 0.15) is 4.88 Å². The third-order valence-corrected chi connectivity index (χ3v) is 7.28. The van der Waals surface area contributed by atoms with Gasteiger partial charge in [0, 0.05) is 18.7 Å². The molecule has 152 valence electrons. The minimum absolute atomic E-state index is 0.0472. The zero-order chi connectivity index (χ0) is 21.1. The monoisotopic (exact) mass is 424 g/mol. The molecule has 0 aliphatic rings. The second-order valence-corrected chi connectivity index (χ2v) is 9.49. The van der Waals surface area contributed by atoms with Crippen molar-refractivity contribution < 1.29 is 22.7 Å². The summed E-state index contributed by atoms with van der Waals surface area (Å²) in [6.45, 7) is 7.29. The van der Waals surface area contributed by atoms with Gasteiger partial charge >= 0.3 is 5.97 Å². The summed E-state index contributed by atoms with van der Waals surface area (Å²) < 4.78 is 31.5. The van der Waals surface area contributed by atoms with Crippen molar-refractivity contribution in [2.24, 2.45) is 0 Å². The Balaban J connectivity index is 2.25. The van der Waals surface area contributed by atoms with Crippen molar-refractivity contribution in [2.75, 3.05) is 19.0 Å². The van der Waals surface area contributed by atoms with E-state index in [-0.39, 0.29) is 23.1 Å². The van der Waals surface area contributed by atoms with Gasteiger partial charge in [0.15, 0.2) is 0 Å². The highest BCUT2D eigenvalue weighted by molar-refractivity contribution is 7.89. The molecule has 2 rings (SSSR count). The van der Waals surface area contributed by atoms with Gasteiger partial charge in [0.2, 0.25) is 10.0 Å². The topological polar surface area (TPSA) is 92.8 Å². The van der Waals surface area contributed by atoms with Crippen molar-refractivity contribution in [1.82, 2.24) is 4.31 Å². The van der Waals surface area contributed by atoms with E-state index in [9.17, 15) is 18.0 Å². The number of thiophene rings is 1. The highest BCUT2D eigenvalue weighted by Crippen LogP contribution is 2.28. The van der Waals surface area contributed by atoms with E-state index < -0.39 is 21.9 Å². The van der Waals surface area contributed by atoms with Gasteiger partial charge in [-0.05, 0) is 57.5 Å². The molecule has 1 amide bonds. The standard InChI is InChI=1S/C19H24N2O5S2/c1-6-26-19(23)17-13(4)10-16(27-17)20-18(22)14-8-7-9-15(11-14)28(24,25)21(5)12(2)3/h7-12H,6H2,1-5H3,(H,20,22). The number of carbonyl (C=O) groups excluding carboxylic acids is 2. The summed E-state index contributed by atoms with van der Waals surface area (Å²) in [6.07, 6.45) is 0. The minimum Gasteiger partial charge on any atom is -0.462 e. The molecule has 0 saturated heterocycles. The summed E-state index contributed by atoms with van der Waals surface area (Å²) >= 11 is 1.12. The van der Waals surface area contributed by atoms with E-state index in [0.29, 0.717) is 15.4 Å². The maximum Gasteiger partial charge on any atom is 0.348 e. The fraction of sp³-hybridized carbons (Fsp3) is 0.368. The predicted molar refractivity (Wildman–Crippen MR) is 109 cm³/mol. The Kier molecular flexibility index (Phi) is 6.97. The summed E-state index contributed by atoms with van der Waals surface area (Å²) in [5.41, 5.74) is 0.913. The number of nitrogens with one attached hydrogen (secondary N) is 1. The molecule has 0 fully saturated rings. The molecule has 0 saturated carbocycles. The van der Waals surface area contributed by atoms with E-state index in [0.717, 1.165) is 11.3 Å². The quantitative estimate of drug-likeness (QED) is 0.687. The number of nitrogens with zero attached hydrogens (tertiary/aromatic N) is 1. The molecule has 1 aromatic heterocycles. The number of hydrogen-bond donors (Lipinski definition) is 1. The first-order chi connectivity index (χ1) is 13.1. The number of anilines is 1. The molecule has 1 N–H and O–H groups in total. The average Bonchev–Trinajstić information content (AvgIpc) is 3.01. The molecule has 0 aliphatic carbocycles. The average molecular weight is 425 g/mol. The van der Waals surface area contributed by atoms with Crippen LogP contribution in [-0.4, -0.2) is 44.3 Å². The van der Waals surface area contributed by atoms with Crippen LogP contribution in [-0.2, 0) is 14.8 Å². The number of esters is 1. The van der Waals surface area contributed by atoms with Crippen LogP contribution in [0.25, 0.3) is 0 Å². The molecule has 1 heterocycles. The van der Waals surface area contributed by atoms with Gasteiger partial charge in [-0.1, -0.05) is 6.07 Å². The van der Waals surface area contributed by atoms with Gasteiger partial charge < -0.3 is 10.1 Å². The molecule has 0 aliphatic heterocycles. The first kappa shape index (κ1) is 22.1. The fourth-order valence-corrected chi connectivity index (χ4v) is 4.74. The van der Waals surface area contributed by atoms with Crippen molar-refractivity contribution in [3.05, 3.63) is 46.3 Å². The van der Waals surface area contributed by atoms with Crippen LogP contribution in [0.5, 0.6) is 0 Å². The predicted octanol–water partition coefficient (Wildman–Crippen LogP) is 3.51. The lowest BCUT2D eigenvalue weighted by molar-refractivity contribution is 0.0531. The number of hydrogen-bond acceptors (Lipinski definition) is 6. The lowest BCUT2D eigenvalue weighted by Crippen LogP contribution is -2.33. The number of aryl methyl sites for hydroxylation is 1. The van der Waals surface area contributed by atoms with Crippen molar-refractivity contribution >= 4 is 38.2 Å². The van der Waals surface area contributed by atoms with Crippen LogP contribution < -0.4 is 5.32 Å². The summed E-state index contributed by atoms with van der Waals surface area (Å²) in [5.74, 6) is -0.892. The van der Waals surface area contributed by atoms with Crippen LogP contribution in [0.1, 0.15) is 46.4 Å². The molecule has 9 heteroatoms. The van der Waals surface area contributed by atoms with Crippen molar-refractivity contribution in [1.29, 1.82) is 0 Å². The van der Waals surface area contributed by atoms with Crippen molar-refractivity contribution in [2.45, 2.75) is 38.6 Å². The Hall–Kier alpha value is -2.23. The number of benzene rings is 1. The number of carbonyl (C=O) groups is 2. The van der Waals surface area contributed by atoms with E-state index in [1.165, 1.54) is 35.6 Å². The first-order valence-electron chi connectivity index (χ1n) is 8.75. The molecule has 28 heavy (non-hydrogen) atoms. The second kappa shape index (κ2) is 8.85. The van der Waals surface area contributed by atoms with E-state index in [4.69, 9.17) is 4.74 Å². The van der Waals surface area contributed by atoms with E-state index in [1.807, 2.05) is 0 Å². The number of amides is 1. The molecule has 2 aromatic rings. The van der Waals surface area contributed by atoms with Crippen LogP contribution in [0, 0.1) is 6.92 Å². The maximum absolute atomic E-state index is 12.6. The molecule has 0 atom stereocenters. The van der Waals surface area contributed by atoms with Gasteiger partial charge in [0.25, 0.3) is 5.91 Å². The van der Waals surface area contributed by atoms with Gasteiger partial charge in [-0.3, -0.25) is 4.79 Å². The van der Waals surface area contributed by atoms with Crippen molar-refractivity contribution in [3.8, 4) is 0 Å². The van der Waals surface area contributed by atoms with Crippen LogP contribution in [0.2, 0.25) is 0 Å². The molecular formula is C19H24N2O5S2. The van der Waals surface area contributed by atoms with Gasteiger partial charge in [-0.25, -0.2) is 13.2 Å². The molecule has 1 aromatic carbocycles. The lowest BCUT2D eigenvalue weighted by Gasteiger charge is -2.21. The highest BCUT2D eigenvalue weighted by atomic mass is 32.2. The number of ether oxygens (including phenoxy) is 1. The Morgan fingerprint density at radius 1 is 1.25 bits per heavy atom. The SMILES string of the molecule is CCOC(=O)c1sc(NC(=O)c2cccc(S(=O)(=O)N(C)C(C)C)c2)cc1C. The molecule has 0 radical (unpaired) electrons. The number of rotatable bonds is 7. The van der Waals surface area contributed by atoms with Gasteiger partial charge in [-0.2, -0.15) is 4.31 Å². The lowest BCUT2D eigenvalue weighted by atomic mass is 10.2. The summed E-state index contributed by atoms with van der Waals surface area (Å²) in [7, 11) is -2.19. The smallest absolute Gasteiger partial charge is 0.348 e. The normalized spacial score (nSPS) is 11.7. The molecule has 7 nitrogen and oxygen atoms in total.